The average molecular weight is 353 g/mol. The molecule has 2 N–H and O–H groups in total. The number of methoxy groups -OCH3 is 1. The van der Waals surface area contributed by atoms with Crippen molar-refractivity contribution in [3.05, 3.63) is 90.0 Å². The summed E-state index contributed by atoms with van der Waals surface area (Å²) < 4.78 is 5.25. The van der Waals surface area contributed by atoms with E-state index >= 15 is 0 Å². The predicted molar refractivity (Wildman–Crippen MR) is 99.0 cm³/mol. The smallest absolute Gasteiger partial charge is 0.285 e. The Labute approximate surface area is 154 Å². The second kappa shape index (κ2) is 8.90. The topological polar surface area (TPSA) is 35.2 Å². The molecule has 3 rings (SSSR count). The number of ether oxygens (including phenoxy) is 1. The molecule has 0 aliphatic carbocycles. The molecule has 3 aromatic rings. The summed E-state index contributed by atoms with van der Waals surface area (Å²) in [4.78, 5) is 3.47. The van der Waals surface area contributed by atoms with Crippen molar-refractivity contribution in [1.82, 2.24) is 0 Å². The van der Waals surface area contributed by atoms with Crippen LogP contribution in [0.2, 0.25) is 0 Å². The van der Waals surface area contributed by atoms with Gasteiger partial charge in [0.05, 0.1) is 12.7 Å². The molecule has 0 spiro atoms. The number of amidine groups is 1. The Morgan fingerprint density at radius 2 is 1.48 bits per heavy atom. The van der Waals surface area contributed by atoms with Crippen LogP contribution in [0.25, 0.3) is 0 Å². The number of aryl methyl sites for hydroxylation is 1. The SMILES string of the molecule is COc1ccc(C(Nc2ccccc2)=[NH+]c2ccc(C)cc2)cc1.[Cl-]. The maximum atomic E-state index is 5.25. The number of nitrogens with one attached hydrogen (secondary N) is 2. The summed E-state index contributed by atoms with van der Waals surface area (Å²) in [7, 11) is 1.67. The van der Waals surface area contributed by atoms with Crippen LogP contribution in [0.15, 0.2) is 78.9 Å². The molecule has 0 aliphatic rings. The molecule has 0 saturated heterocycles. The third-order valence-corrected chi connectivity index (χ3v) is 3.74. The summed E-state index contributed by atoms with van der Waals surface area (Å²) in [5, 5.41) is 3.46. The molecule has 25 heavy (non-hydrogen) atoms. The second-order valence-electron chi connectivity index (χ2n) is 5.59. The van der Waals surface area contributed by atoms with Gasteiger partial charge in [-0.15, -0.1) is 0 Å². The van der Waals surface area contributed by atoms with Gasteiger partial charge in [-0.3, -0.25) is 0 Å². The maximum Gasteiger partial charge on any atom is 0.285 e. The molecular weight excluding hydrogens is 332 g/mol. The quantitative estimate of drug-likeness (QED) is 0.522. The fourth-order valence-electron chi connectivity index (χ4n) is 2.38. The zero-order chi connectivity index (χ0) is 16.8. The molecule has 0 saturated carbocycles. The zero-order valence-corrected chi connectivity index (χ0v) is 15.0. The highest BCUT2D eigenvalue weighted by Gasteiger charge is 2.12. The van der Waals surface area contributed by atoms with Crippen molar-refractivity contribution in [2.24, 2.45) is 0 Å². The highest BCUT2D eigenvalue weighted by atomic mass is 35.5. The van der Waals surface area contributed by atoms with Gasteiger partial charge in [-0.1, -0.05) is 35.9 Å². The third kappa shape index (κ3) is 5.10. The Morgan fingerprint density at radius 3 is 2.08 bits per heavy atom. The minimum Gasteiger partial charge on any atom is -1.00 e. The van der Waals surface area contributed by atoms with Crippen LogP contribution in [0.5, 0.6) is 5.75 Å². The van der Waals surface area contributed by atoms with E-state index in [0.717, 1.165) is 28.5 Å². The van der Waals surface area contributed by atoms with E-state index in [0.29, 0.717) is 0 Å². The highest BCUT2D eigenvalue weighted by molar-refractivity contribution is 6.04. The minimum absolute atomic E-state index is 0. The van der Waals surface area contributed by atoms with Gasteiger partial charge in [0.1, 0.15) is 17.1 Å². The van der Waals surface area contributed by atoms with Gasteiger partial charge in [0.15, 0.2) is 0 Å². The van der Waals surface area contributed by atoms with Gasteiger partial charge in [0, 0.05) is 0 Å². The molecule has 4 heteroatoms. The Bertz CT molecular complexity index is 813. The zero-order valence-electron chi connectivity index (χ0n) is 14.3. The number of benzene rings is 3. The van der Waals surface area contributed by atoms with E-state index in [1.165, 1.54) is 5.56 Å². The van der Waals surface area contributed by atoms with Gasteiger partial charge >= 0.3 is 0 Å². The van der Waals surface area contributed by atoms with Gasteiger partial charge in [0.2, 0.25) is 0 Å². The van der Waals surface area contributed by atoms with Crippen molar-refractivity contribution in [2.75, 3.05) is 12.4 Å². The van der Waals surface area contributed by atoms with Gasteiger partial charge in [0.25, 0.3) is 5.84 Å². The number of anilines is 1. The van der Waals surface area contributed by atoms with E-state index in [-0.39, 0.29) is 12.4 Å². The molecule has 0 fully saturated rings. The first kappa shape index (κ1) is 18.6. The Hall–Kier alpha value is -2.78. The molecule has 0 atom stereocenters. The summed E-state index contributed by atoms with van der Waals surface area (Å²) in [6, 6.07) is 26.4. The lowest BCUT2D eigenvalue weighted by molar-refractivity contribution is -0.352. The van der Waals surface area contributed by atoms with E-state index in [9.17, 15) is 0 Å². The van der Waals surface area contributed by atoms with Crippen molar-refractivity contribution in [3.8, 4) is 5.75 Å². The first-order chi connectivity index (χ1) is 11.7. The van der Waals surface area contributed by atoms with Crippen molar-refractivity contribution in [1.29, 1.82) is 0 Å². The molecule has 0 aliphatic heterocycles. The van der Waals surface area contributed by atoms with E-state index in [2.05, 4.69) is 41.5 Å². The van der Waals surface area contributed by atoms with Crippen LogP contribution in [0, 0.1) is 6.92 Å². The number of rotatable bonds is 4. The van der Waals surface area contributed by atoms with E-state index in [4.69, 9.17) is 4.74 Å². The van der Waals surface area contributed by atoms with Gasteiger partial charge < -0.3 is 17.1 Å². The van der Waals surface area contributed by atoms with Gasteiger partial charge in [-0.25, -0.2) is 10.3 Å². The van der Waals surface area contributed by atoms with Crippen LogP contribution in [0.3, 0.4) is 0 Å². The molecule has 128 valence electrons. The Balaban J connectivity index is 0.00000225. The maximum absolute atomic E-state index is 5.25. The molecule has 0 heterocycles. The van der Waals surface area contributed by atoms with Crippen molar-refractivity contribution >= 4 is 17.2 Å². The molecule has 3 nitrogen and oxygen atoms in total. The van der Waals surface area contributed by atoms with Crippen LogP contribution in [0.4, 0.5) is 11.4 Å². The summed E-state index contributed by atoms with van der Waals surface area (Å²) in [6.07, 6.45) is 0. The predicted octanol–water partition coefficient (Wildman–Crippen LogP) is 0.279. The van der Waals surface area contributed by atoms with Crippen molar-refractivity contribution in [2.45, 2.75) is 6.92 Å². The Kier molecular flexibility index (Phi) is 6.61. The number of halogens is 1. The minimum atomic E-state index is 0. The third-order valence-electron chi connectivity index (χ3n) is 3.74. The van der Waals surface area contributed by atoms with Gasteiger partial charge in [-0.2, -0.15) is 0 Å². The first-order valence-electron chi connectivity index (χ1n) is 7.92. The lowest BCUT2D eigenvalue weighted by atomic mass is 10.1. The van der Waals surface area contributed by atoms with E-state index in [1.807, 2.05) is 54.6 Å². The summed E-state index contributed by atoms with van der Waals surface area (Å²) in [5.41, 5.74) is 4.36. The second-order valence-corrected chi connectivity index (χ2v) is 5.59. The summed E-state index contributed by atoms with van der Waals surface area (Å²) in [5.74, 6) is 1.76. The molecule has 3 aromatic carbocycles. The van der Waals surface area contributed by atoms with E-state index < -0.39 is 0 Å². The van der Waals surface area contributed by atoms with Crippen LogP contribution in [-0.2, 0) is 0 Å². The van der Waals surface area contributed by atoms with Crippen molar-refractivity contribution < 1.29 is 22.1 Å². The van der Waals surface area contributed by atoms with Crippen LogP contribution in [-0.4, -0.2) is 12.9 Å². The number of hydrogen-bond donors (Lipinski definition) is 2. The van der Waals surface area contributed by atoms with E-state index in [1.54, 1.807) is 7.11 Å². The molecule has 0 aromatic heterocycles. The standard InChI is InChI=1S/C21H20N2O.ClH/c1-16-8-12-19(13-9-16)23-21(22-18-6-4-3-5-7-18)17-10-14-20(24-2)15-11-17;/h3-15H,1-2H3,(H,22,23);1H. The fourth-order valence-corrected chi connectivity index (χ4v) is 2.38. The average Bonchev–Trinajstić information content (AvgIpc) is 2.64. The number of hydrogen-bond acceptors (Lipinski definition) is 1. The van der Waals surface area contributed by atoms with Crippen molar-refractivity contribution in [3.63, 3.8) is 0 Å². The van der Waals surface area contributed by atoms with Crippen LogP contribution < -0.4 is 27.5 Å². The monoisotopic (exact) mass is 352 g/mol. The first-order valence-corrected chi connectivity index (χ1v) is 7.92. The Morgan fingerprint density at radius 1 is 0.840 bits per heavy atom. The molecule has 0 bridgehead atoms. The number of para-hydroxylation sites is 1. The molecular formula is C21H21ClN2O. The lowest BCUT2D eigenvalue weighted by Gasteiger charge is -2.05. The normalized spacial score (nSPS) is 10.7. The largest absolute Gasteiger partial charge is 1.00 e. The van der Waals surface area contributed by atoms with Crippen LogP contribution >= 0.6 is 0 Å². The van der Waals surface area contributed by atoms with Crippen LogP contribution in [0.1, 0.15) is 11.1 Å². The molecule has 0 unspecified atom stereocenters. The summed E-state index contributed by atoms with van der Waals surface area (Å²) in [6.45, 7) is 2.08. The molecule has 0 amide bonds. The molecule has 0 radical (unpaired) electrons. The highest BCUT2D eigenvalue weighted by Crippen LogP contribution is 2.13. The summed E-state index contributed by atoms with van der Waals surface area (Å²) >= 11 is 0. The fraction of sp³-hybridized carbons (Fsp3) is 0.0952. The van der Waals surface area contributed by atoms with Gasteiger partial charge in [-0.05, 0) is 55.5 Å². The lowest BCUT2D eigenvalue weighted by Crippen LogP contribution is -3.00.